The van der Waals surface area contributed by atoms with E-state index in [0.29, 0.717) is 26.1 Å². The van der Waals surface area contributed by atoms with Crippen LogP contribution in [0.25, 0.3) is 0 Å². The van der Waals surface area contributed by atoms with E-state index >= 15 is 0 Å². The second-order valence-electron chi connectivity index (χ2n) is 5.10. The Morgan fingerprint density at radius 3 is 2.70 bits per heavy atom. The fourth-order valence-corrected chi connectivity index (χ4v) is 2.30. The molecule has 6 heteroatoms. The molecule has 1 aromatic rings. The highest BCUT2D eigenvalue weighted by Crippen LogP contribution is 2.22. The van der Waals surface area contributed by atoms with Gasteiger partial charge in [-0.25, -0.2) is 8.78 Å². The average Bonchev–Trinajstić information content (AvgIpc) is 2.41. The van der Waals surface area contributed by atoms with Gasteiger partial charge in [0.25, 0.3) is 5.91 Å². The molecular weight excluding hydrogens is 268 g/mol. The number of aliphatic hydroxyl groups is 1. The number of likely N-dealkylation sites (N-methyl/N-ethyl adjacent to an activating group) is 1. The van der Waals surface area contributed by atoms with Crippen molar-refractivity contribution < 1.29 is 23.4 Å². The first-order valence-electron chi connectivity index (χ1n) is 6.42. The van der Waals surface area contributed by atoms with Crippen molar-refractivity contribution in [1.29, 1.82) is 0 Å². The highest BCUT2D eigenvalue weighted by atomic mass is 19.2. The minimum atomic E-state index is -1.16. The maximum absolute atomic E-state index is 13.6. The van der Waals surface area contributed by atoms with Crippen molar-refractivity contribution >= 4 is 5.91 Å². The van der Waals surface area contributed by atoms with Gasteiger partial charge in [0, 0.05) is 39.6 Å². The second kappa shape index (κ2) is 5.85. The van der Waals surface area contributed by atoms with E-state index in [-0.39, 0.29) is 12.1 Å². The van der Waals surface area contributed by atoms with Crippen LogP contribution in [0.1, 0.15) is 23.2 Å². The fourth-order valence-electron chi connectivity index (χ4n) is 2.30. The monoisotopic (exact) mass is 285 g/mol. The van der Waals surface area contributed by atoms with Gasteiger partial charge >= 0.3 is 0 Å². The van der Waals surface area contributed by atoms with Gasteiger partial charge in [-0.15, -0.1) is 0 Å². The predicted octanol–water partition coefficient (Wildman–Crippen LogP) is 1.58. The van der Waals surface area contributed by atoms with Crippen LogP contribution in [0.5, 0.6) is 0 Å². The molecule has 1 amide bonds. The van der Waals surface area contributed by atoms with Gasteiger partial charge in [0.15, 0.2) is 11.6 Å². The number of amides is 1. The van der Waals surface area contributed by atoms with E-state index in [1.54, 1.807) is 0 Å². The molecule has 0 bridgehead atoms. The quantitative estimate of drug-likeness (QED) is 0.917. The lowest BCUT2D eigenvalue weighted by molar-refractivity contribution is -0.0734. The molecule has 4 nitrogen and oxygen atoms in total. The summed E-state index contributed by atoms with van der Waals surface area (Å²) < 4.78 is 31.9. The van der Waals surface area contributed by atoms with E-state index in [1.165, 1.54) is 24.1 Å². The van der Waals surface area contributed by atoms with Gasteiger partial charge in [-0.05, 0) is 12.1 Å². The van der Waals surface area contributed by atoms with Crippen molar-refractivity contribution in [3.05, 3.63) is 35.4 Å². The van der Waals surface area contributed by atoms with E-state index in [9.17, 15) is 18.7 Å². The molecule has 20 heavy (non-hydrogen) atoms. The number of hydrogen-bond donors (Lipinski definition) is 1. The number of nitrogens with zero attached hydrogens (tertiary/aromatic N) is 1. The van der Waals surface area contributed by atoms with Crippen LogP contribution in [0, 0.1) is 11.6 Å². The molecule has 0 unspecified atom stereocenters. The van der Waals surface area contributed by atoms with Gasteiger partial charge < -0.3 is 14.7 Å². The molecule has 1 aliphatic rings. The predicted molar refractivity (Wildman–Crippen MR) is 68.3 cm³/mol. The molecule has 0 spiro atoms. The third-order valence-electron chi connectivity index (χ3n) is 3.48. The molecule has 110 valence electrons. The zero-order valence-corrected chi connectivity index (χ0v) is 11.2. The Bertz CT molecular complexity index is 501. The van der Waals surface area contributed by atoms with Crippen molar-refractivity contribution in [3.63, 3.8) is 0 Å². The third kappa shape index (κ3) is 3.13. The summed E-state index contributed by atoms with van der Waals surface area (Å²) in [7, 11) is 1.46. The standard InChI is InChI=1S/C14H17F2NO3/c1-17(9-14(19)5-7-20-8-6-14)13(18)10-3-2-4-11(15)12(10)16/h2-4,19H,5-9H2,1H3. The van der Waals surface area contributed by atoms with Crippen molar-refractivity contribution in [3.8, 4) is 0 Å². The molecule has 1 N–H and O–H groups in total. The fraction of sp³-hybridized carbons (Fsp3) is 0.500. The number of benzene rings is 1. The summed E-state index contributed by atoms with van der Waals surface area (Å²) >= 11 is 0. The number of carbonyl (C=O) groups is 1. The third-order valence-corrected chi connectivity index (χ3v) is 3.48. The number of halogens is 2. The van der Waals surface area contributed by atoms with E-state index in [0.717, 1.165) is 6.07 Å². The lowest BCUT2D eigenvalue weighted by atomic mass is 9.93. The Balaban J connectivity index is 2.10. The van der Waals surface area contributed by atoms with Crippen molar-refractivity contribution in [2.24, 2.45) is 0 Å². The smallest absolute Gasteiger partial charge is 0.256 e. The molecule has 0 saturated carbocycles. The van der Waals surface area contributed by atoms with Crippen LogP contribution in [0.3, 0.4) is 0 Å². The van der Waals surface area contributed by atoms with Gasteiger partial charge in [-0.2, -0.15) is 0 Å². The molecule has 0 aromatic heterocycles. The molecule has 0 atom stereocenters. The van der Waals surface area contributed by atoms with Crippen LogP contribution in [0.2, 0.25) is 0 Å². The number of ether oxygens (including phenoxy) is 1. The summed E-state index contributed by atoms with van der Waals surface area (Å²) in [5.41, 5.74) is -1.37. The summed E-state index contributed by atoms with van der Waals surface area (Å²) in [6.07, 6.45) is 0.826. The van der Waals surface area contributed by atoms with Gasteiger partial charge in [-0.3, -0.25) is 4.79 Å². The topological polar surface area (TPSA) is 49.8 Å². The number of carbonyl (C=O) groups excluding carboxylic acids is 1. The van der Waals surface area contributed by atoms with Gasteiger partial charge in [-0.1, -0.05) is 6.07 Å². The summed E-state index contributed by atoms with van der Waals surface area (Å²) in [6, 6.07) is 3.46. The Morgan fingerprint density at radius 2 is 2.05 bits per heavy atom. The summed E-state index contributed by atoms with van der Waals surface area (Å²) in [4.78, 5) is 13.3. The maximum atomic E-state index is 13.6. The first-order valence-corrected chi connectivity index (χ1v) is 6.42. The van der Waals surface area contributed by atoms with Crippen LogP contribution in [0.4, 0.5) is 8.78 Å². The normalized spacial score (nSPS) is 17.8. The van der Waals surface area contributed by atoms with E-state index in [4.69, 9.17) is 4.74 Å². The molecule has 1 saturated heterocycles. The van der Waals surface area contributed by atoms with Crippen LogP contribution in [-0.2, 0) is 4.74 Å². The minimum absolute atomic E-state index is 0.0607. The van der Waals surface area contributed by atoms with E-state index in [1.807, 2.05) is 0 Å². The second-order valence-corrected chi connectivity index (χ2v) is 5.10. The lowest BCUT2D eigenvalue weighted by Crippen LogP contribution is -2.47. The molecule has 2 rings (SSSR count). The highest BCUT2D eigenvalue weighted by Gasteiger charge is 2.33. The van der Waals surface area contributed by atoms with E-state index < -0.39 is 23.1 Å². The molecule has 1 aromatic carbocycles. The molecular formula is C14H17F2NO3. The van der Waals surface area contributed by atoms with Crippen LogP contribution >= 0.6 is 0 Å². The van der Waals surface area contributed by atoms with Crippen molar-refractivity contribution in [1.82, 2.24) is 4.90 Å². The highest BCUT2D eigenvalue weighted by molar-refractivity contribution is 5.94. The first kappa shape index (κ1) is 14.9. The maximum Gasteiger partial charge on any atom is 0.256 e. The average molecular weight is 285 g/mol. The van der Waals surface area contributed by atoms with Crippen LogP contribution in [-0.4, -0.2) is 48.3 Å². The molecule has 1 heterocycles. The zero-order chi connectivity index (χ0) is 14.8. The molecule has 1 aliphatic heterocycles. The number of rotatable bonds is 3. The van der Waals surface area contributed by atoms with E-state index in [2.05, 4.69) is 0 Å². The zero-order valence-electron chi connectivity index (χ0n) is 11.2. The largest absolute Gasteiger partial charge is 0.388 e. The summed E-state index contributed by atoms with van der Waals surface area (Å²) in [5.74, 6) is -2.88. The Hall–Kier alpha value is -1.53. The summed E-state index contributed by atoms with van der Waals surface area (Å²) in [5, 5.41) is 10.3. The lowest BCUT2D eigenvalue weighted by Gasteiger charge is -2.35. The van der Waals surface area contributed by atoms with Crippen LogP contribution in [0.15, 0.2) is 18.2 Å². The van der Waals surface area contributed by atoms with Crippen molar-refractivity contribution in [2.75, 3.05) is 26.8 Å². The number of hydrogen-bond acceptors (Lipinski definition) is 3. The van der Waals surface area contributed by atoms with Gasteiger partial charge in [0.1, 0.15) is 0 Å². The minimum Gasteiger partial charge on any atom is -0.388 e. The Morgan fingerprint density at radius 1 is 1.40 bits per heavy atom. The Kier molecular flexibility index (Phi) is 4.35. The van der Waals surface area contributed by atoms with Gasteiger partial charge in [0.05, 0.1) is 11.2 Å². The summed E-state index contributed by atoms with van der Waals surface area (Å²) in [6.45, 7) is 0.908. The SMILES string of the molecule is CN(CC1(O)CCOCC1)C(=O)c1cccc(F)c1F. The molecule has 0 aliphatic carbocycles. The van der Waals surface area contributed by atoms with Crippen molar-refractivity contribution in [2.45, 2.75) is 18.4 Å². The Labute approximate surface area is 116 Å². The molecule has 1 fully saturated rings. The molecule has 0 radical (unpaired) electrons. The van der Waals surface area contributed by atoms with Gasteiger partial charge in [0.2, 0.25) is 0 Å². The first-order chi connectivity index (χ1) is 9.43. The van der Waals surface area contributed by atoms with Crippen LogP contribution < -0.4 is 0 Å².